The lowest BCUT2D eigenvalue weighted by molar-refractivity contribution is 0.306. The Hall–Kier alpha value is -0.570. The fourth-order valence-electron chi connectivity index (χ4n) is 4.20. The maximum Gasteiger partial charge on any atom is 0.117 e. The third kappa shape index (κ3) is 3.36. The summed E-state index contributed by atoms with van der Waals surface area (Å²) in [6.45, 7) is 2.14. The van der Waals surface area contributed by atoms with Crippen LogP contribution >= 0.6 is 0 Å². The van der Waals surface area contributed by atoms with Crippen LogP contribution in [-0.2, 0) is 0 Å². The quantitative estimate of drug-likeness (QED) is 0.721. The SMILES string of the molecule is C1CCCC(NC2=NCCCNC23CCCCC3)CC1. The summed E-state index contributed by atoms with van der Waals surface area (Å²) in [5.41, 5.74) is 0.195. The Balaban J connectivity index is 1.71. The van der Waals surface area contributed by atoms with Crippen LogP contribution in [0.25, 0.3) is 0 Å². The summed E-state index contributed by atoms with van der Waals surface area (Å²) in [6, 6.07) is 0.676. The highest BCUT2D eigenvalue weighted by Gasteiger charge is 2.38. The Bertz CT molecular complexity index is 323. The number of nitrogens with one attached hydrogen (secondary N) is 2. The zero-order valence-electron chi connectivity index (χ0n) is 12.9. The summed E-state index contributed by atoms with van der Waals surface area (Å²) < 4.78 is 0. The van der Waals surface area contributed by atoms with Gasteiger partial charge in [0.1, 0.15) is 5.84 Å². The third-order valence-electron chi connectivity index (χ3n) is 5.42. The minimum atomic E-state index is 0.195. The van der Waals surface area contributed by atoms with Crippen LogP contribution in [0, 0.1) is 0 Å². The molecule has 0 radical (unpaired) electrons. The number of hydrogen-bond acceptors (Lipinski definition) is 3. The molecule has 2 saturated carbocycles. The van der Waals surface area contributed by atoms with E-state index in [-0.39, 0.29) is 5.54 Å². The molecule has 1 heterocycles. The van der Waals surface area contributed by atoms with Gasteiger partial charge in [-0.2, -0.15) is 0 Å². The van der Waals surface area contributed by atoms with Gasteiger partial charge in [-0.3, -0.25) is 4.99 Å². The van der Waals surface area contributed by atoms with Gasteiger partial charge in [-0.25, -0.2) is 0 Å². The number of aliphatic imine (C=N–C) groups is 1. The molecule has 0 aromatic rings. The molecule has 0 unspecified atom stereocenters. The summed E-state index contributed by atoms with van der Waals surface area (Å²) in [5.74, 6) is 1.32. The van der Waals surface area contributed by atoms with Gasteiger partial charge in [0.05, 0.1) is 5.54 Å². The normalized spacial score (nSPS) is 28.5. The third-order valence-corrected chi connectivity index (χ3v) is 5.42. The zero-order valence-corrected chi connectivity index (χ0v) is 12.9. The molecule has 3 heteroatoms. The van der Waals surface area contributed by atoms with Crippen LogP contribution in [0.3, 0.4) is 0 Å². The van der Waals surface area contributed by atoms with Gasteiger partial charge in [-0.05, 0) is 38.6 Å². The molecule has 20 heavy (non-hydrogen) atoms. The number of amidine groups is 1. The van der Waals surface area contributed by atoms with Crippen molar-refractivity contribution in [2.24, 2.45) is 4.99 Å². The summed E-state index contributed by atoms with van der Waals surface area (Å²) in [6.07, 6.45) is 16.2. The standard InChI is InChI=1S/C17H31N3/c1-2-5-10-15(9-4-1)20-16-17(11-6-3-7-12-17)19-14-8-13-18-16/h15,19H,1-14H2,(H,18,20). The summed E-state index contributed by atoms with van der Waals surface area (Å²) in [4.78, 5) is 4.97. The second kappa shape index (κ2) is 6.93. The number of hydrogen-bond donors (Lipinski definition) is 2. The molecule has 2 N–H and O–H groups in total. The molecule has 0 bridgehead atoms. The van der Waals surface area contributed by atoms with E-state index in [1.165, 1.54) is 82.9 Å². The first-order valence-corrected chi connectivity index (χ1v) is 8.96. The van der Waals surface area contributed by atoms with Crippen molar-refractivity contribution in [3.63, 3.8) is 0 Å². The van der Waals surface area contributed by atoms with Crippen LogP contribution in [-0.4, -0.2) is 30.5 Å². The van der Waals surface area contributed by atoms with E-state index in [9.17, 15) is 0 Å². The van der Waals surface area contributed by atoms with Gasteiger partial charge in [0.2, 0.25) is 0 Å². The van der Waals surface area contributed by atoms with Gasteiger partial charge >= 0.3 is 0 Å². The largest absolute Gasteiger partial charge is 0.370 e. The van der Waals surface area contributed by atoms with Crippen LogP contribution in [0.5, 0.6) is 0 Å². The monoisotopic (exact) mass is 277 g/mol. The molecule has 0 saturated heterocycles. The van der Waals surface area contributed by atoms with Crippen LogP contribution in [0.2, 0.25) is 0 Å². The summed E-state index contributed by atoms with van der Waals surface area (Å²) in [5, 5.41) is 7.74. The van der Waals surface area contributed by atoms with E-state index in [0.29, 0.717) is 6.04 Å². The minimum absolute atomic E-state index is 0.195. The molecular weight excluding hydrogens is 246 g/mol. The van der Waals surface area contributed by atoms with E-state index < -0.39 is 0 Å². The lowest BCUT2D eigenvalue weighted by Gasteiger charge is -2.40. The Morgan fingerprint density at radius 1 is 0.900 bits per heavy atom. The molecule has 0 amide bonds. The Morgan fingerprint density at radius 3 is 2.35 bits per heavy atom. The highest BCUT2D eigenvalue weighted by Crippen LogP contribution is 2.30. The van der Waals surface area contributed by atoms with Gasteiger partial charge in [0.15, 0.2) is 0 Å². The Morgan fingerprint density at radius 2 is 1.60 bits per heavy atom. The van der Waals surface area contributed by atoms with Gasteiger partial charge in [0.25, 0.3) is 0 Å². The van der Waals surface area contributed by atoms with Crippen LogP contribution < -0.4 is 10.6 Å². The van der Waals surface area contributed by atoms with Crippen molar-refractivity contribution in [3.8, 4) is 0 Å². The Kier molecular flexibility index (Phi) is 4.98. The molecule has 0 atom stereocenters. The molecule has 2 fully saturated rings. The van der Waals surface area contributed by atoms with Crippen molar-refractivity contribution in [1.82, 2.24) is 10.6 Å². The fourth-order valence-corrected chi connectivity index (χ4v) is 4.20. The van der Waals surface area contributed by atoms with Crippen molar-refractivity contribution >= 4 is 5.84 Å². The number of nitrogens with zero attached hydrogens (tertiary/aromatic N) is 1. The van der Waals surface area contributed by atoms with Gasteiger partial charge in [-0.15, -0.1) is 0 Å². The lowest BCUT2D eigenvalue weighted by Crippen LogP contribution is -2.59. The van der Waals surface area contributed by atoms with Crippen molar-refractivity contribution in [2.75, 3.05) is 13.1 Å². The predicted octanol–water partition coefficient (Wildman–Crippen LogP) is 3.39. The molecule has 1 aliphatic heterocycles. The fraction of sp³-hybridized carbons (Fsp3) is 0.941. The second-order valence-corrected chi connectivity index (χ2v) is 6.99. The smallest absolute Gasteiger partial charge is 0.117 e. The average Bonchev–Trinajstić information content (AvgIpc) is 2.84. The molecule has 3 rings (SSSR count). The van der Waals surface area contributed by atoms with E-state index >= 15 is 0 Å². The highest BCUT2D eigenvalue weighted by atomic mass is 15.1. The lowest BCUT2D eigenvalue weighted by atomic mass is 9.80. The maximum absolute atomic E-state index is 4.97. The van der Waals surface area contributed by atoms with E-state index in [2.05, 4.69) is 10.6 Å². The van der Waals surface area contributed by atoms with Crippen molar-refractivity contribution in [3.05, 3.63) is 0 Å². The van der Waals surface area contributed by atoms with E-state index in [1.54, 1.807) is 0 Å². The molecule has 1 spiro atoms. The first kappa shape index (κ1) is 14.4. The van der Waals surface area contributed by atoms with Crippen molar-refractivity contribution < 1.29 is 0 Å². The Labute approximate surface area is 124 Å². The molecule has 3 nitrogen and oxygen atoms in total. The molecule has 2 aliphatic carbocycles. The first-order valence-electron chi connectivity index (χ1n) is 8.96. The average molecular weight is 277 g/mol. The zero-order chi connectivity index (χ0) is 13.7. The summed E-state index contributed by atoms with van der Waals surface area (Å²) >= 11 is 0. The van der Waals surface area contributed by atoms with Crippen molar-refractivity contribution in [2.45, 2.75) is 88.6 Å². The highest BCUT2D eigenvalue weighted by molar-refractivity contribution is 5.92. The molecule has 0 aromatic heterocycles. The molecule has 114 valence electrons. The van der Waals surface area contributed by atoms with E-state index in [4.69, 9.17) is 4.99 Å². The maximum atomic E-state index is 4.97. The van der Waals surface area contributed by atoms with Crippen LogP contribution in [0.1, 0.15) is 77.0 Å². The van der Waals surface area contributed by atoms with E-state index in [0.717, 1.165) is 13.1 Å². The van der Waals surface area contributed by atoms with Gasteiger partial charge in [-0.1, -0.05) is 44.9 Å². The van der Waals surface area contributed by atoms with Gasteiger partial charge in [0, 0.05) is 12.6 Å². The number of rotatable bonds is 1. The van der Waals surface area contributed by atoms with E-state index in [1.807, 2.05) is 0 Å². The molecule has 3 aliphatic rings. The topological polar surface area (TPSA) is 36.4 Å². The van der Waals surface area contributed by atoms with Crippen LogP contribution in [0.15, 0.2) is 4.99 Å². The predicted molar refractivity (Wildman–Crippen MR) is 85.4 cm³/mol. The second-order valence-electron chi connectivity index (χ2n) is 6.99. The molecular formula is C17H31N3. The van der Waals surface area contributed by atoms with Gasteiger partial charge < -0.3 is 10.6 Å². The van der Waals surface area contributed by atoms with Crippen LogP contribution in [0.4, 0.5) is 0 Å². The first-order chi connectivity index (χ1) is 9.89. The summed E-state index contributed by atoms with van der Waals surface area (Å²) in [7, 11) is 0. The van der Waals surface area contributed by atoms with Crippen molar-refractivity contribution in [1.29, 1.82) is 0 Å². The molecule has 0 aromatic carbocycles. The minimum Gasteiger partial charge on any atom is -0.370 e.